The normalized spacial score (nSPS) is 14.0. The molecule has 7 nitrogen and oxygen atoms in total. The molecule has 2 aromatic carbocycles. The van der Waals surface area contributed by atoms with Gasteiger partial charge in [-0.1, -0.05) is 17.7 Å². The van der Waals surface area contributed by atoms with Crippen LogP contribution in [0.1, 0.15) is 10.4 Å². The van der Waals surface area contributed by atoms with Gasteiger partial charge < -0.3 is 29.7 Å². The van der Waals surface area contributed by atoms with Gasteiger partial charge in [-0.15, -0.1) is 0 Å². The summed E-state index contributed by atoms with van der Waals surface area (Å²) in [6.45, 7) is 2.40. The number of hydrogen-bond donors (Lipinski definition) is 1. The topological polar surface area (TPSA) is 77.3 Å². The summed E-state index contributed by atoms with van der Waals surface area (Å²) in [6, 6.07) is 8.81. The molecule has 0 unspecified atom stereocenters. The molecule has 0 aromatic heterocycles. The maximum Gasteiger partial charge on any atom is 0.254 e. The molecule has 0 bridgehead atoms. The van der Waals surface area contributed by atoms with E-state index < -0.39 is 0 Å². The van der Waals surface area contributed by atoms with Crippen molar-refractivity contribution in [1.29, 1.82) is 0 Å². The molecule has 0 saturated carbocycles. The first-order valence-electron chi connectivity index (χ1n) is 8.88. The Kier molecular flexibility index (Phi) is 6.04. The number of benzene rings is 2. The third-order valence-corrected chi connectivity index (χ3v) is 5.12. The van der Waals surface area contributed by atoms with Crippen molar-refractivity contribution in [2.45, 2.75) is 0 Å². The number of carbonyl (C=O) groups is 1. The van der Waals surface area contributed by atoms with Gasteiger partial charge in [0.2, 0.25) is 5.75 Å². The lowest BCUT2D eigenvalue weighted by molar-refractivity contribution is 0.0746. The van der Waals surface area contributed by atoms with E-state index in [-0.39, 0.29) is 5.91 Å². The van der Waals surface area contributed by atoms with Gasteiger partial charge in [0, 0.05) is 31.7 Å². The molecule has 1 fully saturated rings. The Labute approximate surface area is 169 Å². The molecule has 1 saturated heterocycles. The average Bonchev–Trinajstić information content (AvgIpc) is 2.72. The van der Waals surface area contributed by atoms with E-state index in [1.807, 2.05) is 18.2 Å². The Bertz CT molecular complexity index is 821. The first kappa shape index (κ1) is 19.9. The maximum absolute atomic E-state index is 13.0. The van der Waals surface area contributed by atoms with Crippen LogP contribution in [-0.2, 0) is 0 Å². The third-order valence-electron chi connectivity index (χ3n) is 4.81. The molecule has 28 heavy (non-hydrogen) atoms. The van der Waals surface area contributed by atoms with Crippen LogP contribution < -0.4 is 24.8 Å². The van der Waals surface area contributed by atoms with Gasteiger partial charge in [0.25, 0.3) is 5.91 Å². The van der Waals surface area contributed by atoms with Crippen molar-refractivity contribution in [1.82, 2.24) is 4.90 Å². The standard InChI is InChI=1S/C20H24ClN3O4/c1-26-16-11-13(12-17(27-2)19(16)28-3)20(25)24-9-7-23(8-10-24)18-14(21)5-4-6-15(18)22/h4-6,11-12H,7-10,22H2,1-3H3. The van der Waals surface area contributed by atoms with E-state index in [4.69, 9.17) is 31.5 Å². The highest BCUT2D eigenvalue weighted by Crippen LogP contribution is 2.38. The smallest absolute Gasteiger partial charge is 0.254 e. The number of nitrogens with two attached hydrogens (primary N) is 1. The minimum absolute atomic E-state index is 0.0916. The van der Waals surface area contributed by atoms with Gasteiger partial charge in [-0.2, -0.15) is 0 Å². The van der Waals surface area contributed by atoms with Crippen molar-refractivity contribution in [2.75, 3.05) is 58.1 Å². The Morgan fingerprint density at radius 2 is 1.61 bits per heavy atom. The van der Waals surface area contributed by atoms with Crippen molar-refractivity contribution in [2.24, 2.45) is 0 Å². The second-order valence-electron chi connectivity index (χ2n) is 6.37. The number of amides is 1. The van der Waals surface area contributed by atoms with Crippen LogP contribution in [0, 0.1) is 0 Å². The van der Waals surface area contributed by atoms with Crippen LogP contribution in [0.25, 0.3) is 0 Å². The van der Waals surface area contributed by atoms with Gasteiger partial charge in [0.05, 0.1) is 37.7 Å². The monoisotopic (exact) mass is 405 g/mol. The first-order chi connectivity index (χ1) is 13.5. The van der Waals surface area contributed by atoms with Gasteiger partial charge in [0.15, 0.2) is 11.5 Å². The SMILES string of the molecule is COc1cc(C(=O)N2CCN(c3c(N)cccc3Cl)CC2)cc(OC)c1OC. The van der Waals surface area contributed by atoms with Gasteiger partial charge in [-0.05, 0) is 24.3 Å². The van der Waals surface area contributed by atoms with Crippen molar-refractivity contribution in [3.8, 4) is 17.2 Å². The molecule has 0 atom stereocenters. The minimum Gasteiger partial charge on any atom is -0.493 e. The summed E-state index contributed by atoms with van der Waals surface area (Å²) in [4.78, 5) is 16.9. The van der Waals surface area contributed by atoms with Gasteiger partial charge in [-0.25, -0.2) is 0 Å². The van der Waals surface area contributed by atoms with E-state index in [1.165, 1.54) is 21.3 Å². The van der Waals surface area contributed by atoms with Gasteiger partial charge in [0.1, 0.15) is 0 Å². The molecule has 2 aromatic rings. The van der Waals surface area contributed by atoms with Crippen LogP contribution in [0.3, 0.4) is 0 Å². The molecule has 1 aliphatic rings. The zero-order chi connectivity index (χ0) is 20.3. The molecular weight excluding hydrogens is 382 g/mol. The van der Waals surface area contributed by atoms with E-state index in [0.717, 1.165) is 5.69 Å². The zero-order valence-electron chi connectivity index (χ0n) is 16.2. The number of piperazine rings is 1. The van der Waals surface area contributed by atoms with Crippen LogP contribution in [-0.4, -0.2) is 58.3 Å². The summed E-state index contributed by atoms with van der Waals surface area (Å²) in [5.41, 5.74) is 8.03. The highest BCUT2D eigenvalue weighted by Gasteiger charge is 2.26. The summed E-state index contributed by atoms with van der Waals surface area (Å²) in [7, 11) is 4.58. The lowest BCUT2D eigenvalue weighted by Crippen LogP contribution is -2.49. The van der Waals surface area contributed by atoms with Crippen LogP contribution in [0.5, 0.6) is 17.2 Å². The summed E-state index contributed by atoms with van der Waals surface area (Å²) in [5, 5.41) is 0.615. The van der Waals surface area contributed by atoms with E-state index in [9.17, 15) is 4.79 Å². The molecule has 8 heteroatoms. The highest BCUT2D eigenvalue weighted by molar-refractivity contribution is 6.34. The van der Waals surface area contributed by atoms with Crippen molar-refractivity contribution < 1.29 is 19.0 Å². The number of carbonyl (C=O) groups excluding carboxylic acids is 1. The minimum atomic E-state index is -0.0916. The fourth-order valence-electron chi connectivity index (χ4n) is 3.39. The summed E-state index contributed by atoms with van der Waals surface area (Å²) in [6.07, 6.45) is 0. The van der Waals surface area contributed by atoms with E-state index in [2.05, 4.69) is 4.90 Å². The number of ether oxygens (including phenoxy) is 3. The number of methoxy groups -OCH3 is 3. The largest absolute Gasteiger partial charge is 0.493 e. The Balaban J connectivity index is 1.77. The molecular formula is C20H24ClN3O4. The molecule has 0 radical (unpaired) electrons. The predicted octanol–water partition coefficient (Wildman–Crippen LogP) is 2.91. The number of halogens is 1. The van der Waals surface area contributed by atoms with Gasteiger partial charge in [-0.3, -0.25) is 4.79 Å². The van der Waals surface area contributed by atoms with Crippen molar-refractivity contribution in [3.63, 3.8) is 0 Å². The van der Waals surface area contributed by atoms with Crippen LogP contribution >= 0.6 is 11.6 Å². The molecule has 1 heterocycles. The average molecular weight is 406 g/mol. The Morgan fingerprint density at radius 3 is 2.11 bits per heavy atom. The second kappa shape index (κ2) is 8.48. The summed E-state index contributed by atoms with van der Waals surface area (Å²) >= 11 is 6.31. The van der Waals surface area contributed by atoms with Crippen molar-refractivity contribution >= 4 is 28.9 Å². The molecule has 2 N–H and O–H groups in total. The number of anilines is 2. The van der Waals surface area contributed by atoms with Gasteiger partial charge >= 0.3 is 0 Å². The number of nitrogen functional groups attached to an aromatic ring is 1. The molecule has 3 rings (SSSR count). The number of rotatable bonds is 5. The lowest BCUT2D eigenvalue weighted by Gasteiger charge is -2.37. The Morgan fingerprint density at radius 1 is 1.00 bits per heavy atom. The van der Waals surface area contributed by atoms with E-state index in [1.54, 1.807) is 17.0 Å². The summed E-state index contributed by atoms with van der Waals surface area (Å²) in [5.74, 6) is 1.27. The second-order valence-corrected chi connectivity index (χ2v) is 6.78. The van der Waals surface area contributed by atoms with Crippen LogP contribution in [0.2, 0.25) is 5.02 Å². The maximum atomic E-state index is 13.0. The number of nitrogens with zero attached hydrogens (tertiary/aromatic N) is 2. The van der Waals surface area contributed by atoms with Crippen LogP contribution in [0.15, 0.2) is 30.3 Å². The predicted molar refractivity (Wildman–Crippen MR) is 110 cm³/mol. The first-order valence-corrected chi connectivity index (χ1v) is 9.26. The quantitative estimate of drug-likeness (QED) is 0.771. The van der Waals surface area contributed by atoms with Crippen molar-refractivity contribution in [3.05, 3.63) is 40.9 Å². The fraction of sp³-hybridized carbons (Fsp3) is 0.350. The molecule has 150 valence electrons. The third kappa shape index (κ3) is 3.75. The number of para-hydroxylation sites is 1. The fourth-order valence-corrected chi connectivity index (χ4v) is 3.69. The number of hydrogen-bond acceptors (Lipinski definition) is 6. The van der Waals surface area contributed by atoms with E-state index in [0.29, 0.717) is 59.7 Å². The molecule has 0 aliphatic carbocycles. The molecule has 0 spiro atoms. The Hall–Kier alpha value is -2.80. The molecule has 1 amide bonds. The zero-order valence-corrected chi connectivity index (χ0v) is 17.0. The lowest BCUT2D eigenvalue weighted by atomic mass is 10.1. The van der Waals surface area contributed by atoms with Crippen LogP contribution in [0.4, 0.5) is 11.4 Å². The highest BCUT2D eigenvalue weighted by atomic mass is 35.5. The summed E-state index contributed by atoms with van der Waals surface area (Å²) < 4.78 is 16.0. The molecule has 1 aliphatic heterocycles. The van der Waals surface area contributed by atoms with E-state index >= 15 is 0 Å².